The van der Waals surface area contributed by atoms with Crippen molar-refractivity contribution >= 4 is 35.6 Å². The molecule has 2 nitrogen and oxygen atoms in total. The summed E-state index contributed by atoms with van der Waals surface area (Å²) in [6.45, 7) is 1.10. The normalized spacial score (nSPS) is 16.5. The van der Waals surface area contributed by atoms with E-state index in [1.165, 1.54) is 0 Å². The van der Waals surface area contributed by atoms with Gasteiger partial charge in [-0.3, -0.25) is 0 Å². The molecule has 2 aromatic carbocycles. The average Bonchev–Trinajstić information content (AvgIpc) is 2.69. The standard InChI is InChI=1S/C21H19Cl2F6NO.ClH/c22-17-2-1-14(10-18(17)23)19(3-5-30-6-4-19)12-31-11-13-7-15(20(24,25)26)9-16(8-13)21(27,28)29;/h1-2,7-10,30H,3-6,11-12H2;1H. The molecule has 0 spiro atoms. The highest BCUT2D eigenvalue weighted by Crippen LogP contribution is 2.38. The van der Waals surface area contributed by atoms with E-state index in [1.807, 2.05) is 6.07 Å². The van der Waals surface area contributed by atoms with Crippen LogP contribution in [0.25, 0.3) is 0 Å². The monoisotopic (exact) mass is 521 g/mol. The van der Waals surface area contributed by atoms with Crippen molar-refractivity contribution in [1.82, 2.24) is 5.32 Å². The zero-order valence-corrected chi connectivity index (χ0v) is 18.9. The van der Waals surface area contributed by atoms with E-state index in [1.54, 1.807) is 12.1 Å². The summed E-state index contributed by atoms with van der Waals surface area (Å²) in [5.41, 5.74) is -2.53. The fourth-order valence-electron chi connectivity index (χ4n) is 3.71. The molecular formula is C21H20Cl3F6NO. The van der Waals surface area contributed by atoms with Gasteiger partial charge in [0.2, 0.25) is 0 Å². The number of benzene rings is 2. The van der Waals surface area contributed by atoms with Gasteiger partial charge < -0.3 is 10.1 Å². The third-order valence-corrected chi connectivity index (χ3v) is 6.13. The van der Waals surface area contributed by atoms with E-state index >= 15 is 0 Å². The Hall–Kier alpha value is -1.19. The Morgan fingerprint density at radius 3 is 1.91 bits per heavy atom. The molecule has 1 heterocycles. The summed E-state index contributed by atoms with van der Waals surface area (Å²) in [6, 6.07) is 6.67. The van der Waals surface area contributed by atoms with Crippen LogP contribution in [0.3, 0.4) is 0 Å². The number of nitrogens with one attached hydrogen (secondary N) is 1. The molecule has 0 aromatic heterocycles. The molecule has 1 N–H and O–H groups in total. The minimum Gasteiger partial charge on any atom is -0.376 e. The van der Waals surface area contributed by atoms with Gasteiger partial charge in [-0.05, 0) is 67.4 Å². The zero-order valence-electron chi connectivity index (χ0n) is 16.5. The third kappa shape index (κ3) is 6.44. The molecule has 0 saturated carbocycles. The molecule has 32 heavy (non-hydrogen) atoms. The highest BCUT2D eigenvalue weighted by Gasteiger charge is 2.37. The number of piperidine rings is 1. The van der Waals surface area contributed by atoms with E-state index < -0.39 is 28.9 Å². The lowest BCUT2D eigenvalue weighted by Gasteiger charge is -2.38. The Bertz CT molecular complexity index is 894. The fourth-order valence-corrected chi connectivity index (χ4v) is 4.01. The summed E-state index contributed by atoms with van der Waals surface area (Å²) < 4.78 is 84.1. The van der Waals surface area contributed by atoms with Crippen molar-refractivity contribution in [3.8, 4) is 0 Å². The van der Waals surface area contributed by atoms with Crippen LogP contribution in [0.1, 0.15) is 35.1 Å². The number of rotatable bonds is 5. The van der Waals surface area contributed by atoms with E-state index in [0.717, 1.165) is 5.56 Å². The molecule has 1 fully saturated rings. The molecule has 0 bridgehead atoms. The van der Waals surface area contributed by atoms with E-state index in [4.69, 9.17) is 27.9 Å². The maximum Gasteiger partial charge on any atom is 0.416 e. The van der Waals surface area contributed by atoms with Crippen molar-refractivity contribution < 1.29 is 31.1 Å². The number of halogens is 9. The number of alkyl halides is 6. The van der Waals surface area contributed by atoms with Gasteiger partial charge in [-0.1, -0.05) is 29.3 Å². The molecule has 1 aliphatic rings. The molecule has 0 atom stereocenters. The zero-order chi connectivity index (χ0) is 22.9. The molecule has 1 aliphatic heterocycles. The Balaban J connectivity index is 0.00000363. The van der Waals surface area contributed by atoms with Gasteiger partial charge in [-0.15, -0.1) is 12.4 Å². The molecule has 0 amide bonds. The van der Waals surface area contributed by atoms with Crippen molar-refractivity contribution in [1.29, 1.82) is 0 Å². The Kier molecular flexibility index (Phi) is 8.78. The lowest BCUT2D eigenvalue weighted by atomic mass is 9.74. The van der Waals surface area contributed by atoms with Gasteiger partial charge in [0, 0.05) is 5.41 Å². The third-order valence-electron chi connectivity index (χ3n) is 5.39. The topological polar surface area (TPSA) is 21.3 Å². The van der Waals surface area contributed by atoms with Gasteiger partial charge in [-0.25, -0.2) is 0 Å². The number of hydrogen-bond acceptors (Lipinski definition) is 2. The van der Waals surface area contributed by atoms with Crippen molar-refractivity contribution in [2.75, 3.05) is 19.7 Å². The summed E-state index contributed by atoms with van der Waals surface area (Å²) in [5, 5.41) is 3.98. The minimum absolute atomic E-state index is 0. The Morgan fingerprint density at radius 2 is 1.41 bits per heavy atom. The smallest absolute Gasteiger partial charge is 0.376 e. The molecule has 0 radical (unpaired) electrons. The van der Waals surface area contributed by atoms with Crippen LogP contribution in [0.4, 0.5) is 26.3 Å². The van der Waals surface area contributed by atoms with E-state index in [2.05, 4.69) is 5.32 Å². The largest absolute Gasteiger partial charge is 0.416 e. The van der Waals surface area contributed by atoms with Gasteiger partial charge >= 0.3 is 12.4 Å². The lowest BCUT2D eigenvalue weighted by Crippen LogP contribution is -2.43. The van der Waals surface area contributed by atoms with Crippen LogP contribution in [-0.4, -0.2) is 19.7 Å². The summed E-state index contributed by atoms with van der Waals surface area (Å²) in [5.74, 6) is 0. The SMILES string of the molecule is Cl.FC(F)(F)c1cc(COCC2(c3ccc(Cl)c(Cl)c3)CCNCC2)cc(C(F)(F)F)c1. The van der Waals surface area contributed by atoms with Crippen LogP contribution in [0.2, 0.25) is 10.0 Å². The maximum absolute atomic E-state index is 13.1. The highest BCUT2D eigenvalue weighted by molar-refractivity contribution is 6.42. The lowest BCUT2D eigenvalue weighted by molar-refractivity contribution is -0.143. The van der Waals surface area contributed by atoms with Crippen LogP contribution in [0.5, 0.6) is 0 Å². The van der Waals surface area contributed by atoms with Gasteiger partial charge in [0.05, 0.1) is 34.4 Å². The van der Waals surface area contributed by atoms with Gasteiger partial charge in [-0.2, -0.15) is 26.3 Å². The van der Waals surface area contributed by atoms with Crippen molar-refractivity contribution in [2.24, 2.45) is 0 Å². The van der Waals surface area contributed by atoms with Crippen molar-refractivity contribution in [3.05, 3.63) is 68.7 Å². The quantitative estimate of drug-likeness (QED) is 0.416. The van der Waals surface area contributed by atoms with Gasteiger partial charge in [0.15, 0.2) is 0 Å². The first-order valence-electron chi connectivity index (χ1n) is 9.43. The fraction of sp³-hybridized carbons (Fsp3) is 0.429. The predicted molar refractivity (Wildman–Crippen MR) is 114 cm³/mol. The molecule has 3 rings (SSSR count). The van der Waals surface area contributed by atoms with Crippen LogP contribution in [0, 0.1) is 0 Å². The van der Waals surface area contributed by atoms with Crippen LogP contribution < -0.4 is 5.32 Å². The number of ether oxygens (including phenoxy) is 1. The first-order valence-corrected chi connectivity index (χ1v) is 10.2. The molecule has 2 aromatic rings. The summed E-state index contributed by atoms with van der Waals surface area (Å²) >= 11 is 12.1. The second kappa shape index (κ2) is 10.4. The van der Waals surface area contributed by atoms with Crippen molar-refractivity contribution in [3.63, 3.8) is 0 Å². The summed E-state index contributed by atoms with van der Waals surface area (Å²) in [6.07, 6.45) is -8.46. The van der Waals surface area contributed by atoms with E-state index in [0.29, 0.717) is 48.1 Å². The molecule has 1 saturated heterocycles. The first-order chi connectivity index (χ1) is 14.4. The minimum atomic E-state index is -4.90. The van der Waals surface area contributed by atoms with Gasteiger partial charge in [0.1, 0.15) is 0 Å². The van der Waals surface area contributed by atoms with E-state index in [-0.39, 0.29) is 37.3 Å². The molecule has 178 valence electrons. The second-order valence-electron chi connectivity index (χ2n) is 7.57. The first kappa shape index (κ1) is 27.1. The Labute approximate surface area is 197 Å². The van der Waals surface area contributed by atoms with Crippen molar-refractivity contribution in [2.45, 2.75) is 37.2 Å². The molecular weight excluding hydrogens is 503 g/mol. The predicted octanol–water partition coefficient (Wildman–Crippen LogP) is 7.29. The molecule has 11 heteroatoms. The molecule has 0 aliphatic carbocycles. The number of hydrogen-bond donors (Lipinski definition) is 1. The highest BCUT2D eigenvalue weighted by atomic mass is 35.5. The van der Waals surface area contributed by atoms with Crippen LogP contribution in [0.15, 0.2) is 36.4 Å². The van der Waals surface area contributed by atoms with Crippen LogP contribution >= 0.6 is 35.6 Å². The maximum atomic E-state index is 13.1. The molecule has 0 unspecified atom stereocenters. The average molecular weight is 523 g/mol. The van der Waals surface area contributed by atoms with Gasteiger partial charge in [0.25, 0.3) is 0 Å². The Morgan fingerprint density at radius 1 is 0.844 bits per heavy atom. The second-order valence-corrected chi connectivity index (χ2v) is 8.38. The summed E-state index contributed by atoms with van der Waals surface area (Å²) in [7, 11) is 0. The van der Waals surface area contributed by atoms with Crippen LogP contribution in [-0.2, 0) is 29.1 Å². The van der Waals surface area contributed by atoms with E-state index in [9.17, 15) is 26.3 Å². The summed E-state index contributed by atoms with van der Waals surface area (Å²) in [4.78, 5) is 0.